The van der Waals surface area contributed by atoms with Crippen molar-refractivity contribution >= 4 is 23.6 Å². The fourth-order valence-electron chi connectivity index (χ4n) is 2.20. The zero-order chi connectivity index (χ0) is 19.8. The van der Waals surface area contributed by atoms with Crippen LogP contribution in [0.4, 0.5) is 0 Å². The van der Waals surface area contributed by atoms with Gasteiger partial charge in [-0.2, -0.15) is 0 Å². The van der Waals surface area contributed by atoms with Crippen molar-refractivity contribution in [2.75, 3.05) is 12.9 Å². The van der Waals surface area contributed by atoms with E-state index in [0.717, 1.165) is 10.8 Å². The predicted octanol–water partition coefficient (Wildman–Crippen LogP) is 3.06. The van der Waals surface area contributed by atoms with Gasteiger partial charge < -0.3 is 9.47 Å². The summed E-state index contributed by atoms with van der Waals surface area (Å²) in [6, 6.07) is 8.08. The van der Waals surface area contributed by atoms with Gasteiger partial charge >= 0.3 is 0 Å². The summed E-state index contributed by atoms with van der Waals surface area (Å²) >= 11 is 1.53. The van der Waals surface area contributed by atoms with Crippen LogP contribution in [0.25, 0.3) is 0 Å². The minimum absolute atomic E-state index is 0.0195. The molecule has 0 saturated heterocycles. The minimum atomic E-state index is -0.463. The molecule has 0 spiro atoms. The predicted molar refractivity (Wildman–Crippen MR) is 104 cm³/mol. The van der Waals surface area contributed by atoms with E-state index in [9.17, 15) is 9.59 Å². The molecule has 1 aromatic carbocycles. The Morgan fingerprint density at radius 1 is 1.07 bits per heavy atom. The number of hydrogen-bond acceptors (Lipinski definition) is 6. The van der Waals surface area contributed by atoms with Gasteiger partial charge in [0.2, 0.25) is 0 Å². The van der Waals surface area contributed by atoms with E-state index in [2.05, 4.69) is 15.8 Å². The molecule has 0 unspecified atom stereocenters. The molecule has 0 fully saturated rings. The van der Waals surface area contributed by atoms with Gasteiger partial charge in [0.05, 0.1) is 18.2 Å². The summed E-state index contributed by atoms with van der Waals surface area (Å²) in [5.41, 5.74) is 5.55. The van der Waals surface area contributed by atoms with Crippen LogP contribution in [-0.4, -0.2) is 35.8 Å². The van der Waals surface area contributed by atoms with Crippen molar-refractivity contribution in [2.45, 2.75) is 31.9 Å². The Balaban J connectivity index is 2.02. The van der Waals surface area contributed by atoms with Gasteiger partial charge in [-0.25, -0.2) is 4.98 Å². The average Bonchev–Trinajstić information content (AvgIpc) is 2.66. The molecule has 1 heterocycles. The topological polar surface area (TPSA) is 89.6 Å². The molecule has 0 bridgehead atoms. The van der Waals surface area contributed by atoms with Gasteiger partial charge in [-0.1, -0.05) is 6.92 Å². The first-order valence-corrected chi connectivity index (χ1v) is 9.47. The van der Waals surface area contributed by atoms with E-state index in [0.29, 0.717) is 22.6 Å². The lowest BCUT2D eigenvalue weighted by atomic mass is 10.2. The first kappa shape index (κ1) is 20.6. The zero-order valence-electron chi connectivity index (χ0n) is 15.7. The van der Waals surface area contributed by atoms with E-state index in [1.165, 1.54) is 18.9 Å². The molecule has 0 saturated carbocycles. The summed E-state index contributed by atoms with van der Waals surface area (Å²) in [4.78, 5) is 28.7. The number of hydrazine groups is 1. The largest absolute Gasteiger partial charge is 0.493 e. The highest BCUT2D eigenvalue weighted by Crippen LogP contribution is 2.28. The molecule has 0 aliphatic rings. The summed E-state index contributed by atoms with van der Waals surface area (Å²) in [7, 11) is 1.50. The Bertz CT molecular complexity index is 811. The van der Waals surface area contributed by atoms with Crippen LogP contribution in [-0.2, 0) is 0 Å². The SMILES string of the molecule is CCSc1cc(C(=O)NNC(=O)c2ccc(OC(C)C)c(OC)c2)ccn1. The van der Waals surface area contributed by atoms with E-state index >= 15 is 0 Å². The van der Waals surface area contributed by atoms with E-state index in [1.54, 1.807) is 36.5 Å². The lowest BCUT2D eigenvalue weighted by molar-refractivity contribution is 0.0846. The standard InChI is InChI=1S/C19H23N3O4S/c1-5-27-17-11-14(8-9-20-17)19(24)22-21-18(23)13-6-7-15(26-12(2)3)16(10-13)25-4/h6-12H,5H2,1-4H3,(H,21,23)(H,22,24). The number of hydrogen-bond donors (Lipinski definition) is 2. The molecule has 2 amide bonds. The molecule has 2 N–H and O–H groups in total. The number of benzene rings is 1. The van der Waals surface area contributed by atoms with Gasteiger partial charge in [-0.3, -0.25) is 20.4 Å². The zero-order valence-corrected chi connectivity index (χ0v) is 16.6. The molecule has 2 rings (SSSR count). The molecule has 0 aliphatic carbocycles. The smallest absolute Gasteiger partial charge is 0.269 e. The molecule has 0 radical (unpaired) electrons. The van der Waals surface area contributed by atoms with Crippen molar-refractivity contribution < 1.29 is 19.1 Å². The van der Waals surface area contributed by atoms with Gasteiger partial charge in [0, 0.05) is 17.3 Å². The maximum atomic E-state index is 12.3. The van der Waals surface area contributed by atoms with Crippen molar-refractivity contribution in [2.24, 2.45) is 0 Å². The number of nitrogens with one attached hydrogen (secondary N) is 2. The highest BCUT2D eigenvalue weighted by Gasteiger charge is 2.14. The number of amides is 2. The summed E-state index contributed by atoms with van der Waals surface area (Å²) in [5.74, 6) is 0.960. The number of ether oxygens (including phenoxy) is 2. The van der Waals surface area contributed by atoms with Crippen LogP contribution < -0.4 is 20.3 Å². The minimum Gasteiger partial charge on any atom is -0.493 e. The van der Waals surface area contributed by atoms with Crippen LogP contribution in [0.3, 0.4) is 0 Å². The number of pyridine rings is 1. The summed E-state index contributed by atoms with van der Waals surface area (Å²) in [6.45, 7) is 5.81. The number of nitrogens with zero attached hydrogens (tertiary/aromatic N) is 1. The van der Waals surface area contributed by atoms with Crippen LogP contribution >= 0.6 is 11.8 Å². The molecule has 8 heteroatoms. The Hall–Kier alpha value is -2.74. The van der Waals surface area contributed by atoms with Crippen LogP contribution in [0.5, 0.6) is 11.5 Å². The third-order valence-electron chi connectivity index (χ3n) is 3.37. The van der Waals surface area contributed by atoms with Gasteiger partial charge in [-0.15, -0.1) is 11.8 Å². The first-order chi connectivity index (χ1) is 12.9. The van der Waals surface area contributed by atoms with E-state index in [-0.39, 0.29) is 6.10 Å². The molecule has 7 nitrogen and oxygen atoms in total. The number of methoxy groups -OCH3 is 1. The third-order valence-corrected chi connectivity index (χ3v) is 4.18. The summed E-state index contributed by atoms with van der Waals surface area (Å²) < 4.78 is 10.9. The molecule has 2 aromatic rings. The Labute approximate surface area is 162 Å². The number of aromatic nitrogens is 1. The second kappa shape index (κ2) is 9.82. The van der Waals surface area contributed by atoms with Gasteiger partial charge in [0.15, 0.2) is 11.5 Å². The normalized spacial score (nSPS) is 10.4. The average molecular weight is 389 g/mol. The maximum Gasteiger partial charge on any atom is 0.269 e. The number of carbonyl (C=O) groups excluding carboxylic acids is 2. The van der Waals surface area contributed by atoms with Crippen molar-refractivity contribution in [1.29, 1.82) is 0 Å². The number of thioether (sulfide) groups is 1. The molecule has 144 valence electrons. The molecular weight excluding hydrogens is 366 g/mol. The summed E-state index contributed by atoms with van der Waals surface area (Å²) in [5, 5.41) is 0.752. The Morgan fingerprint density at radius 2 is 1.74 bits per heavy atom. The third kappa shape index (κ3) is 5.89. The fraction of sp³-hybridized carbons (Fsp3) is 0.316. The molecular formula is C19H23N3O4S. The van der Waals surface area contributed by atoms with Crippen LogP contribution in [0.15, 0.2) is 41.6 Å². The van der Waals surface area contributed by atoms with Crippen molar-refractivity contribution in [3.63, 3.8) is 0 Å². The highest BCUT2D eigenvalue weighted by molar-refractivity contribution is 7.99. The second-order valence-electron chi connectivity index (χ2n) is 5.76. The van der Waals surface area contributed by atoms with E-state index in [1.807, 2.05) is 20.8 Å². The second-order valence-corrected chi connectivity index (χ2v) is 7.04. The number of carbonyl (C=O) groups is 2. The van der Waals surface area contributed by atoms with Crippen LogP contribution in [0, 0.1) is 0 Å². The van der Waals surface area contributed by atoms with Gasteiger partial charge in [0.25, 0.3) is 11.8 Å². The van der Waals surface area contributed by atoms with Gasteiger partial charge in [0.1, 0.15) is 0 Å². The molecule has 27 heavy (non-hydrogen) atoms. The van der Waals surface area contributed by atoms with Crippen molar-refractivity contribution in [3.8, 4) is 11.5 Å². The fourth-order valence-corrected chi connectivity index (χ4v) is 2.84. The lowest BCUT2D eigenvalue weighted by Gasteiger charge is -2.14. The molecule has 1 aromatic heterocycles. The van der Waals surface area contributed by atoms with E-state index in [4.69, 9.17) is 9.47 Å². The van der Waals surface area contributed by atoms with Crippen molar-refractivity contribution in [1.82, 2.24) is 15.8 Å². The quantitative estimate of drug-likeness (QED) is 0.559. The van der Waals surface area contributed by atoms with Crippen LogP contribution in [0.1, 0.15) is 41.5 Å². The van der Waals surface area contributed by atoms with E-state index < -0.39 is 11.8 Å². The van der Waals surface area contributed by atoms with Gasteiger partial charge in [-0.05, 0) is 49.9 Å². The highest BCUT2D eigenvalue weighted by atomic mass is 32.2. The molecule has 0 aliphatic heterocycles. The summed E-state index contributed by atoms with van der Waals surface area (Å²) in [6.07, 6.45) is 1.54. The van der Waals surface area contributed by atoms with Crippen molar-refractivity contribution in [3.05, 3.63) is 47.7 Å². The lowest BCUT2D eigenvalue weighted by Crippen LogP contribution is -2.41. The Morgan fingerprint density at radius 3 is 2.33 bits per heavy atom. The monoisotopic (exact) mass is 389 g/mol. The Kier molecular flexibility index (Phi) is 7.48. The molecule has 0 atom stereocenters. The number of rotatable bonds is 7. The maximum absolute atomic E-state index is 12.3. The van der Waals surface area contributed by atoms with Crippen LogP contribution in [0.2, 0.25) is 0 Å². The first-order valence-electron chi connectivity index (χ1n) is 8.48.